The van der Waals surface area contributed by atoms with Crippen LogP contribution in [0.4, 0.5) is 0 Å². The first kappa shape index (κ1) is 27.9. The van der Waals surface area contributed by atoms with Gasteiger partial charge in [-0.2, -0.15) is 0 Å². The van der Waals surface area contributed by atoms with Gasteiger partial charge < -0.3 is 9.13 Å². The Morgan fingerprint density at radius 1 is 0.294 bits per heavy atom. The molecule has 0 unspecified atom stereocenters. The first-order valence-corrected chi connectivity index (χ1v) is 17.2. The molecule has 0 radical (unpaired) electrons. The van der Waals surface area contributed by atoms with Gasteiger partial charge in [-0.15, -0.1) is 0 Å². The Bertz CT molecular complexity index is 3060. The minimum absolute atomic E-state index is 0.651. The van der Waals surface area contributed by atoms with Crippen LogP contribution in [0.25, 0.3) is 93.9 Å². The van der Waals surface area contributed by atoms with E-state index in [4.69, 9.17) is 9.97 Å². The molecule has 0 spiro atoms. The van der Waals surface area contributed by atoms with Crippen LogP contribution in [0, 0.1) is 0 Å². The number of benzene rings is 7. The van der Waals surface area contributed by atoms with Crippen molar-refractivity contribution >= 4 is 65.4 Å². The molecule has 238 valence electrons. The van der Waals surface area contributed by atoms with Crippen LogP contribution in [-0.4, -0.2) is 23.7 Å². The van der Waals surface area contributed by atoms with Crippen molar-refractivity contribution in [1.82, 2.24) is 23.7 Å². The van der Waals surface area contributed by atoms with Crippen LogP contribution in [0.5, 0.6) is 0 Å². The van der Waals surface area contributed by atoms with Crippen molar-refractivity contribution in [3.05, 3.63) is 176 Å². The highest BCUT2D eigenvalue weighted by Gasteiger charge is 2.20. The molecule has 0 amide bonds. The van der Waals surface area contributed by atoms with Gasteiger partial charge in [-0.25, -0.2) is 9.97 Å². The van der Waals surface area contributed by atoms with Crippen molar-refractivity contribution in [3.63, 3.8) is 0 Å². The lowest BCUT2D eigenvalue weighted by Gasteiger charge is -2.12. The van der Waals surface area contributed by atoms with Crippen LogP contribution in [0.15, 0.2) is 176 Å². The van der Waals surface area contributed by atoms with E-state index in [1.807, 2.05) is 30.6 Å². The van der Waals surface area contributed by atoms with Crippen LogP contribution in [0.3, 0.4) is 0 Å². The average Bonchev–Trinajstić information content (AvgIpc) is 3.83. The number of fused-ring (bicyclic) bond motifs is 9. The fraction of sp³-hybridized carbons (Fsp3) is 0. The first-order chi connectivity index (χ1) is 25.3. The molecule has 0 saturated carbocycles. The van der Waals surface area contributed by atoms with E-state index in [0.29, 0.717) is 5.95 Å². The summed E-state index contributed by atoms with van der Waals surface area (Å²) in [6, 6.07) is 58.5. The third kappa shape index (κ3) is 4.09. The van der Waals surface area contributed by atoms with Gasteiger partial charge in [0.1, 0.15) is 0 Å². The van der Waals surface area contributed by atoms with Crippen molar-refractivity contribution in [3.8, 4) is 28.5 Å². The standard InChI is InChI=1S/C46H29N5/c1-2-12-30(13-3-1)31-28-47-46(48-29-31)51-43-21-11-7-17-37(43)39-26-38-36-16-6-10-20-42(36)50(44(38)27-45(39)51)33-24-22-32(23-25-33)49-40-18-8-4-14-34(40)35-15-5-9-19-41(35)49/h1-29H. The fourth-order valence-electron chi connectivity index (χ4n) is 8.09. The highest BCUT2D eigenvalue weighted by Crippen LogP contribution is 2.40. The quantitative estimate of drug-likeness (QED) is 0.190. The monoisotopic (exact) mass is 651 g/mol. The van der Waals surface area contributed by atoms with E-state index in [1.165, 1.54) is 48.9 Å². The van der Waals surface area contributed by atoms with Gasteiger partial charge >= 0.3 is 0 Å². The number of rotatable bonds is 4. The molecular formula is C46H29N5. The van der Waals surface area contributed by atoms with E-state index in [2.05, 4.69) is 159 Å². The second-order valence-corrected chi connectivity index (χ2v) is 13.1. The Labute approximate surface area is 292 Å². The molecule has 0 bridgehead atoms. The molecule has 4 heterocycles. The highest BCUT2D eigenvalue weighted by molar-refractivity contribution is 6.19. The number of hydrogen-bond donors (Lipinski definition) is 0. The normalized spacial score (nSPS) is 11.9. The number of hydrogen-bond acceptors (Lipinski definition) is 2. The number of para-hydroxylation sites is 4. The van der Waals surface area contributed by atoms with Crippen molar-refractivity contribution in [1.29, 1.82) is 0 Å². The summed E-state index contributed by atoms with van der Waals surface area (Å²) < 4.78 is 6.96. The van der Waals surface area contributed by atoms with Gasteiger partial charge in [0.05, 0.1) is 33.1 Å². The van der Waals surface area contributed by atoms with Crippen molar-refractivity contribution in [2.24, 2.45) is 0 Å². The SMILES string of the molecule is c1ccc(-c2cnc(-n3c4ccccc4c4cc5c6ccccc6n(-c6ccc(-n7c8ccccc8c8ccccc87)cc6)c5cc43)nc2)cc1. The van der Waals surface area contributed by atoms with E-state index in [-0.39, 0.29) is 0 Å². The van der Waals surface area contributed by atoms with Gasteiger partial charge in [0.2, 0.25) is 5.95 Å². The highest BCUT2D eigenvalue weighted by atomic mass is 15.2. The maximum absolute atomic E-state index is 4.92. The Hall–Kier alpha value is -6.98. The molecule has 11 rings (SSSR count). The summed E-state index contributed by atoms with van der Waals surface area (Å²) in [5, 5.41) is 7.32. The molecule has 5 heteroatoms. The summed E-state index contributed by atoms with van der Waals surface area (Å²) in [5.41, 5.74) is 11.2. The van der Waals surface area contributed by atoms with E-state index in [0.717, 1.165) is 39.1 Å². The second-order valence-electron chi connectivity index (χ2n) is 13.1. The van der Waals surface area contributed by atoms with E-state index < -0.39 is 0 Å². The van der Waals surface area contributed by atoms with E-state index >= 15 is 0 Å². The minimum Gasteiger partial charge on any atom is -0.309 e. The van der Waals surface area contributed by atoms with E-state index in [9.17, 15) is 0 Å². The Morgan fingerprint density at radius 3 is 1.20 bits per heavy atom. The molecular weight excluding hydrogens is 623 g/mol. The zero-order chi connectivity index (χ0) is 33.5. The molecule has 4 aromatic heterocycles. The summed E-state index contributed by atoms with van der Waals surface area (Å²) in [6.45, 7) is 0. The molecule has 0 atom stereocenters. The molecule has 51 heavy (non-hydrogen) atoms. The lowest BCUT2D eigenvalue weighted by molar-refractivity contribution is 0.990. The average molecular weight is 652 g/mol. The molecule has 0 aliphatic carbocycles. The summed E-state index contributed by atoms with van der Waals surface area (Å²) in [4.78, 5) is 9.84. The second kappa shape index (κ2) is 10.8. The maximum atomic E-state index is 4.92. The van der Waals surface area contributed by atoms with Gasteiger partial charge in [-0.1, -0.05) is 103 Å². The van der Waals surface area contributed by atoms with Crippen molar-refractivity contribution in [2.45, 2.75) is 0 Å². The Kier molecular flexibility index (Phi) is 5.89. The molecule has 0 N–H and O–H groups in total. The third-order valence-electron chi connectivity index (χ3n) is 10.4. The van der Waals surface area contributed by atoms with Crippen molar-refractivity contribution in [2.75, 3.05) is 0 Å². The van der Waals surface area contributed by atoms with Crippen LogP contribution in [-0.2, 0) is 0 Å². The van der Waals surface area contributed by atoms with Gasteiger partial charge in [-0.05, 0) is 66.2 Å². The van der Waals surface area contributed by atoms with Crippen LogP contribution < -0.4 is 0 Å². The van der Waals surface area contributed by atoms with Gasteiger partial charge in [0, 0.05) is 61.6 Å². The Balaban J connectivity index is 1.13. The molecule has 0 saturated heterocycles. The van der Waals surface area contributed by atoms with Gasteiger partial charge in [0.15, 0.2) is 0 Å². The lowest BCUT2D eigenvalue weighted by atomic mass is 10.1. The fourth-order valence-corrected chi connectivity index (χ4v) is 8.09. The van der Waals surface area contributed by atoms with Crippen LogP contribution in [0.2, 0.25) is 0 Å². The first-order valence-electron chi connectivity index (χ1n) is 17.2. The predicted octanol–water partition coefficient (Wildman–Crippen LogP) is 11.4. The lowest BCUT2D eigenvalue weighted by Crippen LogP contribution is -2.01. The summed E-state index contributed by atoms with van der Waals surface area (Å²) in [5.74, 6) is 0.651. The molecule has 0 fully saturated rings. The topological polar surface area (TPSA) is 40.6 Å². The maximum Gasteiger partial charge on any atom is 0.234 e. The predicted molar refractivity (Wildman–Crippen MR) is 210 cm³/mol. The molecule has 11 aromatic rings. The minimum atomic E-state index is 0.651. The van der Waals surface area contributed by atoms with Gasteiger partial charge in [0.25, 0.3) is 0 Å². The molecule has 5 nitrogen and oxygen atoms in total. The smallest absolute Gasteiger partial charge is 0.234 e. The molecule has 0 aliphatic heterocycles. The largest absolute Gasteiger partial charge is 0.309 e. The zero-order valence-corrected chi connectivity index (χ0v) is 27.5. The van der Waals surface area contributed by atoms with Crippen molar-refractivity contribution < 1.29 is 0 Å². The number of nitrogens with zero attached hydrogens (tertiary/aromatic N) is 5. The summed E-state index contributed by atoms with van der Waals surface area (Å²) in [7, 11) is 0. The Morgan fingerprint density at radius 2 is 0.686 bits per heavy atom. The van der Waals surface area contributed by atoms with Gasteiger partial charge in [-0.3, -0.25) is 4.57 Å². The van der Waals surface area contributed by atoms with Crippen LogP contribution in [0.1, 0.15) is 0 Å². The number of aromatic nitrogens is 5. The summed E-state index contributed by atoms with van der Waals surface area (Å²) in [6.07, 6.45) is 3.85. The molecule has 0 aliphatic rings. The third-order valence-corrected chi connectivity index (χ3v) is 10.4. The summed E-state index contributed by atoms with van der Waals surface area (Å²) >= 11 is 0. The van der Waals surface area contributed by atoms with E-state index in [1.54, 1.807) is 0 Å². The van der Waals surface area contributed by atoms with Crippen LogP contribution >= 0.6 is 0 Å². The molecule has 7 aromatic carbocycles. The zero-order valence-electron chi connectivity index (χ0n) is 27.5.